The summed E-state index contributed by atoms with van der Waals surface area (Å²) in [7, 11) is 0. The van der Waals surface area contributed by atoms with Crippen LogP contribution in [0, 0.1) is 6.92 Å². The van der Waals surface area contributed by atoms with Gasteiger partial charge in [-0.1, -0.05) is 76.0 Å². The Hall–Kier alpha value is -3.94. The molecule has 4 aromatic rings. The number of carbonyl (C=O) groups is 2. The van der Waals surface area contributed by atoms with Crippen LogP contribution in [0.2, 0.25) is 5.02 Å². The van der Waals surface area contributed by atoms with E-state index in [0.29, 0.717) is 33.7 Å². The zero-order valence-electron chi connectivity index (χ0n) is 26.7. The second-order valence-electron chi connectivity index (χ2n) is 12.8. The molecule has 14 heteroatoms. The molecule has 0 aliphatic carbocycles. The first kappa shape index (κ1) is 33.9. The Morgan fingerprint density at radius 1 is 0.978 bits per heavy atom. The summed E-state index contributed by atoms with van der Waals surface area (Å²) in [5.41, 5.74) is 1.02. The predicted octanol–water partition coefficient (Wildman–Crippen LogP) is 4.75. The van der Waals surface area contributed by atoms with E-state index in [0.717, 1.165) is 11.3 Å². The Bertz CT molecular complexity index is 1710. The number of halogens is 1. The standard InChI is InChI=1S/C31H40ClN7O5S/c1-19-13-15-20(16-14-19)44-45(42)33-17-23(40)34-21-11-9-10-12-22(21)43-18-24(41)35-31(7,8)30(5,6)28-37-36-27-25(32)26(29(2,3)4)38-39(27)28/h9-16,33,38H,17-18H2,1-8H3,(H,34,40)(H,35,41). The molecule has 45 heavy (non-hydrogen) atoms. The van der Waals surface area contributed by atoms with Gasteiger partial charge in [0, 0.05) is 16.4 Å². The molecule has 2 heterocycles. The Labute approximate surface area is 270 Å². The van der Waals surface area contributed by atoms with Crippen LogP contribution in [0.1, 0.15) is 65.5 Å². The highest BCUT2D eigenvalue weighted by atomic mass is 35.5. The van der Waals surface area contributed by atoms with Gasteiger partial charge in [-0.3, -0.25) is 14.7 Å². The highest BCUT2D eigenvalue weighted by molar-refractivity contribution is 7.78. The molecule has 0 fully saturated rings. The first-order chi connectivity index (χ1) is 21.0. The van der Waals surface area contributed by atoms with Crippen molar-refractivity contribution in [2.75, 3.05) is 18.5 Å². The van der Waals surface area contributed by atoms with Gasteiger partial charge in [-0.25, -0.2) is 4.52 Å². The van der Waals surface area contributed by atoms with E-state index in [4.69, 9.17) is 20.5 Å². The molecule has 2 aromatic heterocycles. The number of benzene rings is 2. The Morgan fingerprint density at radius 3 is 2.31 bits per heavy atom. The Kier molecular flexibility index (Phi) is 9.95. The van der Waals surface area contributed by atoms with Crippen molar-refractivity contribution in [1.82, 2.24) is 29.9 Å². The lowest BCUT2D eigenvalue weighted by atomic mass is 9.73. The van der Waals surface area contributed by atoms with Gasteiger partial charge < -0.3 is 19.6 Å². The van der Waals surface area contributed by atoms with Crippen LogP contribution in [0.5, 0.6) is 11.5 Å². The van der Waals surface area contributed by atoms with E-state index in [1.54, 1.807) is 40.9 Å². The molecule has 0 aliphatic heterocycles. The van der Waals surface area contributed by atoms with Crippen LogP contribution in [-0.2, 0) is 31.7 Å². The number of aryl methyl sites for hydroxylation is 1. The van der Waals surface area contributed by atoms with Crippen LogP contribution in [0.4, 0.5) is 5.69 Å². The van der Waals surface area contributed by atoms with Crippen LogP contribution >= 0.6 is 11.6 Å². The maximum atomic E-state index is 13.1. The van der Waals surface area contributed by atoms with Crippen LogP contribution in [0.15, 0.2) is 48.5 Å². The quantitative estimate of drug-likeness (QED) is 0.172. The lowest BCUT2D eigenvalue weighted by molar-refractivity contribution is -0.125. The second kappa shape index (κ2) is 13.2. The molecule has 0 bridgehead atoms. The summed E-state index contributed by atoms with van der Waals surface area (Å²) in [4.78, 5) is 25.7. The van der Waals surface area contributed by atoms with Gasteiger partial charge in [-0.2, -0.15) is 8.93 Å². The molecule has 2 aromatic carbocycles. The van der Waals surface area contributed by atoms with E-state index in [2.05, 4.69) is 51.4 Å². The molecule has 0 radical (unpaired) electrons. The van der Waals surface area contributed by atoms with Crippen LogP contribution in [0.25, 0.3) is 5.65 Å². The first-order valence-corrected chi connectivity index (χ1v) is 15.8. The Balaban J connectivity index is 1.35. The van der Waals surface area contributed by atoms with E-state index >= 15 is 0 Å². The molecule has 0 saturated heterocycles. The minimum atomic E-state index is -1.93. The van der Waals surface area contributed by atoms with E-state index in [1.165, 1.54) is 0 Å². The highest BCUT2D eigenvalue weighted by Gasteiger charge is 2.44. The number of rotatable bonds is 12. The van der Waals surface area contributed by atoms with Crippen LogP contribution in [-0.4, -0.2) is 54.5 Å². The SMILES string of the molecule is Cc1ccc(OS(=O)NCC(=O)Nc2ccccc2OCC(=O)NC(C)(C)C(C)(C)c2nnc3c(Cl)c(C(C)(C)C)[nH]n23)cc1. The summed E-state index contributed by atoms with van der Waals surface area (Å²) in [5.74, 6) is 0.463. The third-order valence-electron chi connectivity index (χ3n) is 7.69. The fraction of sp³-hybridized carbons (Fsp3) is 0.419. The van der Waals surface area contributed by atoms with Gasteiger partial charge in [0.15, 0.2) is 18.1 Å². The van der Waals surface area contributed by atoms with Crippen molar-refractivity contribution in [2.24, 2.45) is 0 Å². The number of H-pyrrole nitrogens is 1. The topological polar surface area (TPSA) is 152 Å². The summed E-state index contributed by atoms with van der Waals surface area (Å²) in [6, 6.07) is 13.8. The predicted molar refractivity (Wildman–Crippen MR) is 175 cm³/mol. The number of para-hydroxylation sites is 2. The summed E-state index contributed by atoms with van der Waals surface area (Å²) in [6.07, 6.45) is 0. The lowest BCUT2D eigenvalue weighted by Crippen LogP contribution is -2.57. The molecule has 4 N–H and O–H groups in total. The van der Waals surface area contributed by atoms with Gasteiger partial charge >= 0.3 is 0 Å². The van der Waals surface area contributed by atoms with Crippen molar-refractivity contribution in [1.29, 1.82) is 0 Å². The number of ether oxygens (including phenoxy) is 1. The number of anilines is 1. The van der Waals surface area contributed by atoms with Gasteiger partial charge in [0.2, 0.25) is 5.91 Å². The molecule has 0 aliphatic rings. The second-order valence-corrected chi connectivity index (χ2v) is 14.1. The van der Waals surface area contributed by atoms with E-state index < -0.39 is 28.1 Å². The molecule has 0 saturated carbocycles. The molecule has 12 nitrogen and oxygen atoms in total. The molecule has 242 valence electrons. The largest absolute Gasteiger partial charge is 0.482 e. The van der Waals surface area contributed by atoms with E-state index in [-0.39, 0.29) is 24.5 Å². The van der Waals surface area contributed by atoms with Crippen LogP contribution < -0.4 is 24.3 Å². The van der Waals surface area contributed by atoms with Gasteiger partial charge in [-0.05, 0) is 45.0 Å². The third kappa shape index (κ3) is 7.84. The molecule has 1 atom stereocenters. The minimum absolute atomic E-state index is 0.235. The zero-order valence-corrected chi connectivity index (χ0v) is 28.3. The fourth-order valence-corrected chi connectivity index (χ4v) is 5.44. The normalized spacial score (nSPS) is 13.0. The Morgan fingerprint density at radius 2 is 1.64 bits per heavy atom. The lowest BCUT2D eigenvalue weighted by Gasteiger charge is -2.40. The van der Waals surface area contributed by atoms with Gasteiger partial charge in [0.05, 0.1) is 17.9 Å². The smallest absolute Gasteiger partial charge is 0.288 e. The van der Waals surface area contributed by atoms with Crippen molar-refractivity contribution in [3.05, 3.63) is 70.6 Å². The molecular formula is C31H40ClN7O5S. The highest BCUT2D eigenvalue weighted by Crippen LogP contribution is 2.37. The molecule has 2 amide bonds. The summed E-state index contributed by atoms with van der Waals surface area (Å²) >= 11 is 4.70. The zero-order chi connectivity index (χ0) is 33.2. The van der Waals surface area contributed by atoms with Crippen molar-refractivity contribution >= 4 is 46.0 Å². The number of amides is 2. The maximum Gasteiger partial charge on any atom is 0.288 e. The van der Waals surface area contributed by atoms with Gasteiger partial charge in [-0.15, -0.1) is 10.2 Å². The van der Waals surface area contributed by atoms with Crippen molar-refractivity contribution < 1.29 is 22.7 Å². The number of aromatic nitrogens is 4. The number of carbonyl (C=O) groups excluding carboxylic acids is 2. The number of fused-ring (bicyclic) bond motifs is 1. The number of hydrogen-bond donors (Lipinski definition) is 4. The van der Waals surface area contributed by atoms with Crippen molar-refractivity contribution in [3.8, 4) is 11.5 Å². The van der Waals surface area contributed by atoms with Gasteiger partial charge in [0.1, 0.15) is 16.5 Å². The van der Waals surface area contributed by atoms with Crippen LogP contribution in [0.3, 0.4) is 0 Å². The summed E-state index contributed by atoms with van der Waals surface area (Å²) < 4.78 is 27.6. The number of nitrogens with zero attached hydrogens (tertiary/aromatic N) is 3. The summed E-state index contributed by atoms with van der Waals surface area (Å²) in [5, 5.41) is 18.3. The maximum absolute atomic E-state index is 13.1. The monoisotopic (exact) mass is 657 g/mol. The van der Waals surface area contributed by atoms with E-state index in [1.807, 2.05) is 46.8 Å². The van der Waals surface area contributed by atoms with E-state index in [9.17, 15) is 13.8 Å². The first-order valence-electron chi connectivity index (χ1n) is 14.4. The fourth-order valence-electron chi connectivity index (χ4n) is 4.40. The number of hydrogen-bond acceptors (Lipinski definition) is 7. The number of aromatic amines is 1. The minimum Gasteiger partial charge on any atom is -0.482 e. The number of nitrogens with one attached hydrogen (secondary N) is 4. The molecule has 4 rings (SSSR count). The van der Waals surface area contributed by atoms with Gasteiger partial charge in [0.25, 0.3) is 17.2 Å². The third-order valence-corrected chi connectivity index (χ3v) is 8.77. The molecular weight excluding hydrogens is 618 g/mol. The average Bonchev–Trinajstić information content (AvgIpc) is 3.53. The van der Waals surface area contributed by atoms with Crippen molar-refractivity contribution in [2.45, 2.75) is 71.8 Å². The van der Waals surface area contributed by atoms with Crippen molar-refractivity contribution in [3.63, 3.8) is 0 Å². The average molecular weight is 658 g/mol. The molecule has 0 spiro atoms. The summed E-state index contributed by atoms with van der Waals surface area (Å²) in [6.45, 7) is 15.2. The molecule has 1 unspecified atom stereocenters.